The predicted molar refractivity (Wildman–Crippen MR) is 75.0 cm³/mol. The number of ether oxygens (including phenoxy) is 1. The highest BCUT2D eigenvalue weighted by atomic mass is 32.2. The first-order valence-electron chi connectivity index (χ1n) is 6.11. The highest BCUT2D eigenvalue weighted by Gasteiger charge is 2.12. The SMILES string of the molecule is COC(=O)CCCS(=O)(=O)NCc1cccc([N+](=O)[O-])c1. The van der Waals surface area contributed by atoms with Crippen molar-refractivity contribution in [3.8, 4) is 0 Å². The first kappa shape index (κ1) is 17.1. The van der Waals surface area contributed by atoms with Crippen molar-refractivity contribution in [2.24, 2.45) is 0 Å². The smallest absolute Gasteiger partial charge is 0.305 e. The van der Waals surface area contributed by atoms with Gasteiger partial charge in [0.1, 0.15) is 0 Å². The molecule has 0 aromatic heterocycles. The summed E-state index contributed by atoms with van der Waals surface area (Å²) in [5.74, 6) is -0.680. The van der Waals surface area contributed by atoms with Crippen LogP contribution in [0.2, 0.25) is 0 Å². The molecule has 0 heterocycles. The van der Waals surface area contributed by atoms with Crippen LogP contribution in [0.15, 0.2) is 24.3 Å². The van der Waals surface area contributed by atoms with E-state index in [1.807, 2.05) is 0 Å². The van der Waals surface area contributed by atoms with Crippen LogP contribution in [0.3, 0.4) is 0 Å². The molecule has 8 nitrogen and oxygen atoms in total. The van der Waals surface area contributed by atoms with Crippen LogP contribution in [0.1, 0.15) is 18.4 Å². The van der Waals surface area contributed by atoms with Crippen molar-refractivity contribution in [1.29, 1.82) is 0 Å². The lowest BCUT2D eigenvalue weighted by atomic mass is 10.2. The molecule has 0 saturated carbocycles. The van der Waals surface area contributed by atoms with Gasteiger partial charge in [0.2, 0.25) is 10.0 Å². The molecule has 0 aliphatic rings. The van der Waals surface area contributed by atoms with Crippen LogP contribution in [0.4, 0.5) is 5.69 Å². The minimum atomic E-state index is -3.54. The maximum absolute atomic E-state index is 11.7. The second-order valence-corrected chi connectivity index (χ2v) is 6.17. The van der Waals surface area contributed by atoms with E-state index in [0.29, 0.717) is 5.56 Å². The number of nitrogens with zero attached hydrogens (tertiary/aromatic N) is 1. The monoisotopic (exact) mass is 316 g/mol. The second kappa shape index (κ2) is 7.70. The van der Waals surface area contributed by atoms with Crippen molar-refractivity contribution in [2.45, 2.75) is 19.4 Å². The first-order valence-corrected chi connectivity index (χ1v) is 7.77. The number of methoxy groups -OCH3 is 1. The van der Waals surface area contributed by atoms with Crippen LogP contribution in [-0.4, -0.2) is 32.2 Å². The van der Waals surface area contributed by atoms with Crippen LogP contribution in [0.25, 0.3) is 0 Å². The number of carbonyl (C=O) groups excluding carboxylic acids is 1. The van der Waals surface area contributed by atoms with E-state index in [9.17, 15) is 23.3 Å². The lowest BCUT2D eigenvalue weighted by Crippen LogP contribution is -2.26. The molecular weight excluding hydrogens is 300 g/mol. The number of non-ortho nitro benzene ring substituents is 1. The van der Waals surface area contributed by atoms with E-state index in [2.05, 4.69) is 9.46 Å². The van der Waals surface area contributed by atoms with Crippen molar-refractivity contribution < 1.29 is 22.9 Å². The Kier molecular flexibility index (Phi) is 6.25. The zero-order chi connectivity index (χ0) is 15.9. The summed E-state index contributed by atoms with van der Waals surface area (Å²) in [7, 11) is -2.31. The fraction of sp³-hybridized carbons (Fsp3) is 0.417. The quantitative estimate of drug-likeness (QED) is 0.434. The molecule has 21 heavy (non-hydrogen) atoms. The minimum absolute atomic E-state index is 0.0220. The van der Waals surface area contributed by atoms with Crippen LogP contribution in [0.5, 0.6) is 0 Å². The fourth-order valence-corrected chi connectivity index (χ4v) is 2.61. The molecule has 0 amide bonds. The molecular formula is C12H16N2O6S. The van der Waals surface area contributed by atoms with E-state index >= 15 is 0 Å². The Morgan fingerprint density at radius 2 is 2.14 bits per heavy atom. The Morgan fingerprint density at radius 1 is 1.43 bits per heavy atom. The normalized spacial score (nSPS) is 11.1. The average Bonchev–Trinajstić information content (AvgIpc) is 2.45. The highest BCUT2D eigenvalue weighted by Crippen LogP contribution is 2.13. The topological polar surface area (TPSA) is 116 Å². The number of rotatable bonds is 8. The number of esters is 1. The minimum Gasteiger partial charge on any atom is -0.469 e. The van der Waals surface area contributed by atoms with Gasteiger partial charge >= 0.3 is 5.97 Å². The van der Waals surface area contributed by atoms with Crippen LogP contribution >= 0.6 is 0 Å². The third-order valence-corrected chi connectivity index (χ3v) is 4.05. The number of sulfonamides is 1. The summed E-state index contributed by atoms with van der Waals surface area (Å²) in [5.41, 5.74) is 0.387. The highest BCUT2D eigenvalue weighted by molar-refractivity contribution is 7.89. The molecule has 0 fully saturated rings. The molecule has 0 radical (unpaired) electrons. The van der Waals surface area contributed by atoms with E-state index in [-0.39, 0.29) is 30.8 Å². The standard InChI is InChI=1S/C12H16N2O6S/c1-20-12(15)6-3-7-21(18,19)13-9-10-4-2-5-11(8-10)14(16)17/h2,4-5,8,13H,3,6-7,9H2,1H3. The van der Waals surface area contributed by atoms with Gasteiger partial charge in [0, 0.05) is 25.1 Å². The van der Waals surface area contributed by atoms with Gasteiger partial charge in [-0.3, -0.25) is 14.9 Å². The van der Waals surface area contributed by atoms with Gasteiger partial charge in [-0.2, -0.15) is 0 Å². The molecule has 0 saturated heterocycles. The van der Waals surface area contributed by atoms with E-state index in [1.165, 1.54) is 25.3 Å². The molecule has 0 aliphatic carbocycles. The van der Waals surface area contributed by atoms with Gasteiger partial charge in [0.15, 0.2) is 0 Å². The van der Waals surface area contributed by atoms with Crippen molar-refractivity contribution in [3.63, 3.8) is 0 Å². The lowest BCUT2D eigenvalue weighted by molar-refractivity contribution is -0.384. The molecule has 1 rings (SSSR count). The van der Waals surface area contributed by atoms with E-state index in [0.717, 1.165) is 0 Å². The van der Waals surface area contributed by atoms with Crippen molar-refractivity contribution in [2.75, 3.05) is 12.9 Å². The molecule has 9 heteroatoms. The molecule has 0 bridgehead atoms. The predicted octanol–water partition coefficient (Wildman–Crippen LogP) is 0.967. The summed E-state index contributed by atoms with van der Waals surface area (Å²) in [6, 6.07) is 5.70. The number of nitrogens with one attached hydrogen (secondary N) is 1. The number of benzene rings is 1. The summed E-state index contributed by atoms with van der Waals surface area (Å²) in [5, 5.41) is 10.6. The Balaban J connectivity index is 2.51. The second-order valence-electron chi connectivity index (χ2n) is 4.25. The number of nitro groups is 1. The molecule has 1 aromatic rings. The van der Waals surface area contributed by atoms with Gasteiger partial charge in [0.05, 0.1) is 17.8 Å². The Morgan fingerprint density at radius 3 is 2.76 bits per heavy atom. The summed E-state index contributed by atoms with van der Waals surface area (Å²) in [6.07, 6.45) is 0.172. The number of hydrogen-bond acceptors (Lipinski definition) is 6. The third kappa shape index (κ3) is 6.32. The maximum atomic E-state index is 11.7. The molecule has 1 aromatic carbocycles. The van der Waals surface area contributed by atoms with Crippen molar-refractivity contribution >= 4 is 21.7 Å². The fourth-order valence-electron chi connectivity index (χ4n) is 1.55. The third-order valence-electron chi connectivity index (χ3n) is 2.64. The first-order chi connectivity index (χ1) is 9.84. The van der Waals surface area contributed by atoms with Gasteiger partial charge in [-0.15, -0.1) is 0 Å². The van der Waals surface area contributed by atoms with Crippen molar-refractivity contribution in [1.82, 2.24) is 4.72 Å². The Hall–Kier alpha value is -2.00. The van der Waals surface area contributed by atoms with Gasteiger partial charge < -0.3 is 4.74 Å². The zero-order valence-electron chi connectivity index (χ0n) is 11.4. The molecule has 116 valence electrons. The lowest BCUT2D eigenvalue weighted by Gasteiger charge is -2.06. The van der Waals surface area contributed by atoms with E-state index in [4.69, 9.17) is 0 Å². The van der Waals surface area contributed by atoms with E-state index in [1.54, 1.807) is 6.07 Å². The summed E-state index contributed by atoms with van der Waals surface area (Å²) in [4.78, 5) is 20.9. The van der Waals surface area contributed by atoms with Crippen LogP contribution in [0, 0.1) is 10.1 Å². The average molecular weight is 316 g/mol. The molecule has 0 spiro atoms. The Bertz CT molecular complexity index is 614. The van der Waals surface area contributed by atoms with Gasteiger partial charge in [0.25, 0.3) is 5.69 Å². The largest absolute Gasteiger partial charge is 0.469 e. The Labute approximate surface area is 122 Å². The van der Waals surface area contributed by atoms with Crippen LogP contribution in [-0.2, 0) is 26.1 Å². The molecule has 0 aliphatic heterocycles. The number of hydrogen-bond donors (Lipinski definition) is 1. The maximum Gasteiger partial charge on any atom is 0.305 e. The molecule has 0 unspecified atom stereocenters. The van der Waals surface area contributed by atoms with Gasteiger partial charge in [-0.1, -0.05) is 12.1 Å². The molecule has 0 atom stereocenters. The van der Waals surface area contributed by atoms with Crippen molar-refractivity contribution in [3.05, 3.63) is 39.9 Å². The molecule has 1 N–H and O–H groups in total. The number of nitro benzene ring substituents is 1. The number of carbonyl (C=O) groups is 1. The van der Waals surface area contributed by atoms with Gasteiger partial charge in [-0.05, 0) is 12.0 Å². The summed E-state index contributed by atoms with van der Waals surface area (Å²) >= 11 is 0. The van der Waals surface area contributed by atoms with E-state index < -0.39 is 20.9 Å². The van der Waals surface area contributed by atoms with Gasteiger partial charge in [-0.25, -0.2) is 13.1 Å². The van der Waals surface area contributed by atoms with Crippen LogP contribution < -0.4 is 4.72 Å². The zero-order valence-corrected chi connectivity index (χ0v) is 12.3. The summed E-state index contributed by atoms with van der Waals surface area (Å²) in [6.45, 7) is -0.0394. The summed E-state index contributed by atoms with van der Waals surface area (Å²) < 4.78 is 30.1.